The van der Waals surface area contributed by atoms with E-state index in [-0.39, 0.29) is 5.56 Å². The first-order valence-electron chi connectivity index (χ1n) is 7.30. The van der Waals surface area contributed by atoms with Gasteiger partial charge in [0, 0.05) is 11.6 Å². The Morgan fingerprint density at radius 1 is 1.29 bits per heavy atom. The van der Waals surface area contributed by atoms with Crippen LogP contribution in [-0.4, -0.2) is 31.8 Å². The van der Waals surface area contributed by atoms with Crippen LogP contribution >= 0.6 is 11.6 Å². The molecule has 0 unspecified atom stereocenters. The van der Waals surface area contributed by atoms with Gasteiger partial charge in [0.15, 0.2) is 0 Å². The number of aromatic nitrogens is 3. The number of aliphatic hydroxyl groups excluding tert-OH is 1. The lowest BCUT2D eigenvalue weighted by Crippen LogP contribution is -2.23. The summed E-state index contributed by atoms with van der Waals surface area (Å²) in [6.07, 6.45) is 3.65. The lowest BCUT2D eigenvalue weighted by Gasteiger charge is -2.06. The van der Waals surface area contributed by atoms with Crippen molar-refractivity contribution < 1.29 is 9.90 Å². The second kappa shape index (κ2) is 6.86. The van der Waals surface area contributed by atoms with Crippen molar-refractivity contribution in [2.45, 2.75) is 13.0 Å². The molecule has 0 aliphatic heterocycles. The van der Waals surface area contributed by atoms with Gasteiger partial charge in [-0.2, -0.15) is 5.10 Å². The number of anilines is 1. The van der Waals surface area contributed by atoms with Gasteiger partial charge in [-0.25, -0.2) is 4.52 Å². The molecule has 0 spiro atoms. The summed E-state index contributed by atoms with van der Waals surface area (Å²) in [6, 6.07) is 8.98. The first-order valence-corrected chi connectivity index (χ1v) is 7.67. The Balaban J connectivity index is 1.81. The largest absolute Gasteiger partial charge is 0.387 e. The van der Waals surface area contributed by atoms with E-state index in [1.807, 2.05) is 24.3 Å². The van der Waals surface area contributed by atoms with Gasteiger partial charge in [0.25, 0.3) is 5.56 Å². The van der Waals surface area contributed by atoms with Gasteiger partial charge in [-0.3, -0.25) is 14.2 Å². The van der Waals surface area contributed by atoms with E-state index in [1.54, 1.807) is 0 Å². The minimum absolute atomic E-state index is 0.205. The minimum Gasteiger partial charge on any atom is -0.387 e. The number of hydrogen-bond donors (Lipinski definition) is 2. The third-order valence-electron chi connectivity index (χ3n) is 3.58. The average molecular weight is 347 g/mol. The van der Waals surface area contributed by atoms with Crippen molar-refractivity contribution in [2.75, 3.05) is 11.9 Å². The zero-order valence-corrected chi connectivity index (χ0v) is 13.4. The van der Waals surface area contributed by atoms with Crippen LogP contribution in [0, 0.1) is 0 Å². The van der Waals surface area contributed by atoms with E-state index in [2.05, 4.69) is 10.4 Å². The van der Waals surface area contributed by atoms with Gasteiger partial charge >= 0.3 is 0 Å². The summed E-state index contributed by atoms with van der Waals surface area (Å²) in [5, 5.41) is 16.1. The van der Waals surface area contributed by atoms with Crippen LogP contribution in [0.4, 0.5) is 5.69 Å². The van der Waals surface area contributed by atoms with E-state index in [0.29, 0.717) is 29.2 Å². The second-order valence-corrected chi connectivity index (χ2v) is 5.71. The molecule has 0 saturated carbocycles. The lowest BCUT2D eigenvalue weighted by molar-refractivity contribution is -0.118. The van der Waals surface area contributed by atoms with Gasteiger partial charge < -0.3 is 10.4 Å². The van der Waals surface area contributed by atoms with Gasteiger partial charge in [-0.05, 0) is 30.2 Å². The first kappa shape index (κ1) is 16.2. The van der Waals surface area contributed by atoms with Gasteiger partial charge in [-0.1, -0.05) is 23.7 Å². The smallest absolute Gasteiger partial charge is 0.277 e. The van der Waals surface area contributed by atoms with Crippen LogP contribution in [0.5, 0.6) is 0 Å². The fourth-order valence-electron chi connectivity index (χ4n) is 2.35. The van der Waals surface area contributed by atoms with E-state index in [0.717, 1.165) is 5.56 Å². The zero-order chi connectivity index (χ0) is 17.1. The summed E-state index contributed by atoms with van der Waals surface area (Å²) in [5.41, 5.74) is 1.62. The molecule has 0 saturated heterocycles. The normalized spacial score (nSPS) is 10.9. The summed E-state index contributed by atoms with van der Waals surface area (Å²) >= 11 is 5.85. The summed E-state index contributed by atoms with van der Waals surface area (Å²) in [7, 11) is 0. The molecule has 0 atom stereocenters. The number of aliphatic hydroxyl groups is 1. The standard InChI is InChI=1S/C16H15ClN4O3/c17-12-3-1-11(2-4-12)5-6-20-10-18-21-8-13(19-15(23)9-22)7-14(21)16(20)24/h1-4,7-8,10,22H,5-6,9H2,(H,19,23). The Labute approximate surface area is 142 Å². The summed E-state index contributed by atoms with van der Waals surface area (Å²) in [4.78, 5) is 23.7. The molecule has 0 aliphatic carbocycles. The molecular formula is C16H15ClN4O3. The van der Waals surface area contributed by atoms with Crippen LogP contribution in [0.25, 0.3) is 5.52 Å². The average Bonchev–Trinajstić information content (AvgIpc) is 2.99. The van der Waals surface area contributed by atoms with E-state index >= 15 is 0 Å². The van der Waals surface area contributed by atoms with E-state index in [4.69, 9.17) is 16.7 Å². The molecule has 7 nitrogen and oxygen atoms in total. The van der Waals surface area contributed by atoms with Gasteiger partial charge in [-0.15, -0.1) is 0 Å². The maximum Gasteiger partial charge on any atom is 0.277 e. The van der Waals surface area contributed by atoms with E-state index in [9.17, 15) is 9.59 Å². The predicted molar refractivity (Wildman–Crippen MR) is 90.3 cm³/mol. The number of fused-ring (bicyclic) bond motifs is 1. The number of carbonyl (C=O) groups is 1. The highest BCUT2D eigenvalue weighted by atomic mass is 35.5. The number of benzene rings is 1. The van der Waals surface area contributed by atoms with Crippen molar-refractivity contribution in [3.05, 3.63) is 63.8 Å². The molecule has 0 radical (unpaired) electrons. The molecular weight excluding hydrogens is 332 g/mol. The third kappa shape index (κ3) is 3.47. The molecule has 124 valence electrons. The van der Waals surface area contributed by atoms with Crippen LogP contribution in [-0.2, 0) is 17.8 Å². The molecule has 8 heteroatoms. The predicted octanol–water partition coefficient (Wildman–Crippen LogP) is 1.32. The Bertz CT molecular complexity index is 931. The maximum absolute atomic E-state index is 12.5. The monoisotopic (exact) mass is 346 g/mol. The molecule has 2 heterocycles. The quantitative estimate of drug-likeness (QED) is 0.729. The lowest BCUT2D eigenvalue weighted by atomic mass is 10.1. The Morgan fingerprint density at radius 3 is 2.75 bits per heavy atom. The molecule has 0 aliphatic rings. The Morgan fingerprint density at radius 2 is 2.04 bits per heavy atom. The van der Waals surface area contributed by atoms with E-state index < -0.39 is 12.5 Å². The number of carbonyl (C=O) groups excluding carboxylic acids is 1. The molecule has 24 heavy (non-hydrogen) atoms. The molecule has 2 N–H and O–H groups in total. The summed E-state index contributed by atoms with van der Waals surface area (Å²) in [6.45, 7) is -0.140. The molecule has 1 aromatic carbocycles. The Hall–Kier alpha value is -2.64. The zero-order valence-electron chi connectivity index (χ0n) is 12.6. The summed E-state index contributed by atoms with van der Waals surface area (Å²) in [5.74, 6) is -0.547. The molecule has 3 rings (SSSR count). The van der Waals surface area contributed by atoms with Crippen molar-refractivity contribution in [1.29, 1.82) is 0 Å². The van der Waals surface area contributed by atoms with Crippen LogP contribution in [0.2, 0.25) is 5.02 Å². The highest BCUT2D eigenvalue weighted by Gasteiger charge is 2.09. The van der Waals surface area contributed by atoms with Crippen LogP contribution in [0.1, 0.15) is 5.56 Å². The van der Waals surface area contributed by atoms with Crippen molar-refractivity contribution in [3.8, 4) is 0 Å². The number of nitrogens with zero attached hydrogens (tertiary/aromatic N) is 3. The fraction of sp³-hybridized carbons (Fsp3) is 0.188. The fourth-order valence-corrected chi connectivity index (χ4v) is 2.48. The summed E-state index contributed by atoms with van der Waals surface area (Å²) < 4.78 is 2.91. The molecule has 2 aromatic heterocycles. The van der Waals surface area contributed by atoms with Gasteiger partial charge in [0.1, 0.15) is 18.5 Å². The van der Waals surface area contributed by atoms with Crippen molar-refractivity contribution in [2.24, 2.45) is 0 Å². The number of aryl methyl sites for hydroxylation is 2. The number of hydrogen-bond acceptors (Lipinski definition) is 4. The topological polar surface area (TPSA) is 88.6 Å². The molecule has 3 aromatic rings. The third-order valence-corrected chi connectivity index (χ3v) is 3.83. The van der Waals surface area contributed by atoms with Gasteiger partial charge in [0.2, 0.25) is 5.91 Å². The number of nitrogens with one attached hydrogen (secondary N) is 1. The highest BCUT2D eigenvalue weighted by Crippen LogP contribution is 2.12. The molecule has 1 amide bonds. The minimum atomic E-state index is -0.620. The number of amides is 1. The maximum atomic E-state index is 12.5. The number of rotatable bonds is 5. The molecule has 0 fully saturated rings. The highest BCUT2D eigenvalue weighted by molar-refractivity contribution is 6.30. The van der Waals surface area contributed by atoms with Crippen LogP contribution < -0.4 is 10.9 Å². The first-order chi connectivity index (χ1) is 11.6. The number of halogens is 1. The SMILES string of the molecule is O=C(CO)Nc1cc2c(=O)n(CCc3ccc(Cl)cc3)cnn2c1. The van der Waals surface area contributed by atoms with Crippen molar-refractivity contribution in [1.82, 2.24) is 14.2 Å². The van der Waals surface area contributed by atoms with Crippen LogP contribution in [0.3, 0.4) is 0 Å². The van der Waals surface area contributed by atoms with Crippen LogP contribution in [0.15, 0.2) is 47.7 Å². The second-order valence-electron chi connectivity index (χ2n) is 5.27. The van der Waals surface area contributed by atoms with E-state index in [1.165, 1.54) is 27.7 Å². The van der Waals surface area contributed by atoms with Crippen molar-refractivity contribution in [3.63, 3.8) is 0 Å². The Kier molecular flexibility index (Phi) is 4.64. The van der Waals surface area contributed by atoms with Gasteiger partial charge in [0.05, 0.1) is 11.9 Å². The van der Waals surface area contributed by atoms with Crippen molar-refractivity contribution >= 4 is 28.7 Å². The molecule has 0 bridgehead atoms.